The van der Waals surface area contributed by atoms with Crippen LogP contribution in [0.3, 0.4) is 0 Å². The zero-order chi connectivity index (χ0) is 23.4. The molecule has 1 atom stereocenters. The molecule has 0 aliphatic rings. The molecule has 0 aliphatic heterocycles. The summed E-state index contributed by atoms with van der Waals surface area (Å²) < 4.78 is 6.59. The second kappa shape index (κ2) is 9.55. The zero-order valence-corrected chi connectivity index (χ0v) is 19.7. The molecule has 0 saturated carbocycles. The van der Waals surface area contributed by atoms with E-state index < -0.39 is 11.4 Å². The van der Waals surface area contributed by atoms with Gasteiger partial charge in [0.2, 0.25) is 0 Å². The smallest absolute Gasteiger partial charge is 0.317 e. The van der Waals surface area contributed by atoms with Gasteiger partial charge in [-0.2, -0.15) is 0 Å². The van der Waals surface area contributed by atoms with Crippen LogP contribution < -0.4 is 5.32 Å². The molecule has 0 saturated heterocycles. The lowest BCUT2D eigenvalue weighted by atomic mass is 9.79. The van der Waals surface area contributed by atoms with Gasteiger partial charge in [0, 0.05) is 12.1 Å². The predicted octanol–water partition coefficient (Wildman–Crippen LogP) is 5.60. The highest BCUT2D eigenvalue weighted by atomic mass is 32.1. The van der Waals surface area contributed by atoms with E-state index >= 15 is 0 Å². The molecule has 4 aromatic rings. The number of amides is 1. The van der Waals surface area contributed by atoms with Crippen molar-refractivity contribution < 1.29 is 14.3 Å². The van der Waals surface area contributed by atoms with Gasteiger partial charge in [0.05, 0.1) is 20.6 Å². The highest BCUT2D eigenvalue weighted by Crippen LogP contribution is 2.33. The Kier molecular flexibility index (Phi) is 6.56. The lowest BCUT2D eigenvalue weighted by molar-refractivity contribution is -0.153. The summed E-state index contributed by atoms with van der Waals surface area (Å²) in [6, 6.07) is 23.1. The van der Waals surface area contributed by atoms with Gasteiger partial charge in [-0.3, -0.25) is 9.59 Å². The number of nitrogens with one attached hydrogen (secondary N) is 1. The summed E-state index contributed by atoms with van der Waals surface area (Å²) in [4.78, 5) is 30.5. The first-order valence-electron chi connectivity index (χ1n) is 10.8. The van der Waals surface area contributed by atoms with Crippen molar-refractivity contribution in [2.45, 2.75) is 32.6 Å². The van der Waals surface area contributed by atoms with E-state index in [0.29, 0.717) is 12.1 Å². The molecule has 33 heavy (non-hydrogen) atoms. The Morgan fingerprint density at radius 2 is 1.70 bits per heavy atom. The van der Waals surface area contributed by atoms with Crippen molar-refractivity contribution in [2.24, 2.45) is 0 Å². The molecule has 0 bridgehead atoms. The number of nitrogens with zero attached hydrogens (tertiary/aromatic N) is 1. The van der Waals surface area contributed by atoms with E-state index in [4.69, 9.17) is 9.72 Å². The Bertz CT molecular complexity index is 1270. The van der Waals surface area contributed by atoms with E-state index in [1.54, 1.807) is 11.3 Å². The Labute approximate surface area is 197 Å². The standard InChI is InChI=1S/C27H26N2O3S/c1-18-13-14-21(15-19(18)2)28-24(30)17-32-26(31)27(3,20-9-5-4-6-10-20)16-25-29-22-11-7-8-12-23(22)33-25/h4-15H,16-17H2,1-3H3,(H,28,30). The molecule has 0 radical (unpaired) electrons. The van der Waals surface area contributed by atoms with E-state index in [0.717, 1.165) is 31.9 Å². The van der Waals surface area contributed by atoms with Gasteiger partial charge < -0.3 is 10.1 Å². The molecular formula is C27H26N2O3S. The number of benzene rings is 3. The van der Waals surface area contributed by atoms with Gasteiger partial charge in [0.15, 0.2) is 6.61 Å². The number of rotatable bonds is 7. The minimum absolute atomic E-state index is 0.353. The van der Waals surface area contributed by atoms with Gasteiger partial charge in [0.1, 0.15) is 0 Å². The lowest BCUT2D eigenvalue weighted by Crippen LogP contribution is -2.38. The summed E-state index contributed by atoms with van der Waals surface area (Å²) >= 11 is 1.57. The van der Waals surface area contributed by atoms with E-state index in [1.807, 2.05) is 93.6 Å². The first-order chi connectivity index (χ1) is 15.8. The second-order valence-electron chi connectivity index (χ2n) is 8.37. The SMILES string of the molecule is Cc1ccc(NC(=O)COC(=O)C(C)(Cc2nc3ccccc3s2)c2ccccc2)cc1C. The first kappa shape index (κ1) is 22.7. The van der Waals surface area contributed by atoms with Gasteiger partial charge >= 0.3 is 5.97 Å². The Balaban J connectivity index is 1.51. The van der Waals surface area contributed by atoms with E-state index in [9.17, 15) is 9.59 Å². The van der Waals surface area contributed by atoms with Crippen molar-refractivity contribution in [3.8, 4) is 0 Å². The van der Waals surface area contributed by atoms with Gasteiger partial charge in [-0.25, -0.2) is 4.98 Å². The number of hydrogen-bond donors (Lipinski definition) is 1. The average molecular weight is 459 g/mol. The maximum atomic E-state index is 13.3. The number of para-hydroxylation sites is 1. The van der Waals surface area contributed by atoms with Crippen molar-refractivity contribution in [3.05, 3.63) is 94.5 Å². The van der Waals surface area contributed by atoms with Gasteiger partial charge in [-0.15, -0.1) is 11.3 Å². The topological polar surface area (TPSA) is 68.3 Å². The number of carbonyl (C=O) groups is 2. The molecule has 1 amide bonds. The molecule has 0 aliphatic carbocycles. The number of fused-ring (bicyclic) bond motifs is 1. The summed E-state index contributed by atoms with van der Waals surface area (Å²) in [5.41, 5.74) is 3.66. The molecule has 4 rings (SSSR count). The van der Waals surface area contributed by atoms with E-state index in [1.165, 1.54) is 0 Å². The van der Waals surface area contributed by atoms with Crippen molar-refractivity contribution in [3.63, 3.8) is 0 Å². The number of anilines is 1. The molecule has 3 aromatic carbocycles. The highest BCUT2D eigenvalue weighted by molar-refractivity contribution is 7.18. The number of aromatic nitrogens is 1. The van der Waals surface area contributed by atoms with E-state index in [2.05, 4.69) is 5.32 Å². The first-order valence-corrected chi connectivity index (χ1v) is 11.6. The largest absolute Gasteiger partial charge is 0.455 e. The van der Waals surface area contributed by atoms with Gasteiger partial charge in [-0.1, -0.05) is 48.5 Å². The normalized spacial score (nSPS) is 12.8. The fraction of sp³-hybridized carbons (Fsp3) is 0.222. The van der Waals surface area contributed by atoms with Crippen LogP contribution in [0.15, 0.2) is 72.8 Å². The number of ether oxygens (including phenoxy) is 1. The zero-order valence-electron chi connectivity index (χ0n) is 18.9. The van der Waals surface area contributed by atoms with Crippen LogP contribution >= 0.6 is 11.3 Å². The minimum Gasteiger partial charge on any atom is -0.455 e. The van der Waals surface area contributed by atoms with Crippen LogP contribution in [0, 0.1) is 13.8 Å². The van der Waals surface area contributed by atoms with Gasteiger partial charge in [-0.05, 0) is 61.7 Å². The van der Waals surface area contributed by atoms with Crippen LogP contribution in [0.5, 0.6) is 0 Å². The minimum atomic E-state index is -0.976. The number of aryl methyl sites for hydroxylation is 2. The summed E-state index contributed by atoms with van der Waals surface area (Å²) in [7, 11) is 0. The van der Waals surface area contributed by atoms with Crippen molar-refractivity contribution >= 4 is 39.1 Å². The Hall–Kier alpha value is -3.51. The van der Waals surface area contributed by atoms with Crippen LogP contribution in [-0.4, -0.2) is 23.5 Å². The molecule has 168 valence electrons. The van der Waals surface area contributed by atoms with E-state index in [-0.39, 0.29) is 12.5 Å². The molecule has 5 nitrogen and oxygen atoms in total. The second-order valence-corrected chi connectivity index (χ2v) is 9.49. The highest BCUT2D eigenvalue weighted by Gasteiger charge is 2.38. The molecule has 1 aromatic heterocycles. The van der Waals surface area contributed by atoms with Crippen LogP contribution in [0.25, 0.3) is 10.2 Å². The van der Waals surface area contributed by atoms with Crippen molar-refractivity contribution in [1.82, 2.24) is 4.98 Å². The molecule has 1 unspecified atom stereocenters. The summed E-state index contributed by atoms with van der Waals surface area (Å²) in [6.45, 7) is 5.49. The Morgan fingerprint density at radius 1 is 0.970 bits per heavy atom. The summed E-state index contributed by atoms with van der Waals surface area (Å²) in [5.74, 6) is -0.829. The fourth-order valence-electron chi connectivity index (χ4n) is 3.70. The van der Waals surface area contributed by atoms with Crippen molar-refractivity contribution in [1.29, 1.82) is 0 Å². The molecule has 1 N–H and O–H groups in total. The van der Waals surface area contributed by atoms with Crippen LogP contribution in [-0.2, 0) is 26.2 Å². The van der Waals surface area contributed by atoms with Crippen molar-refractivity contribution in [2.75, 3.05) is 11.9 Å². The molecule has 6 heteroatoms. The molecule has 1 heterocycles. The lowest BCUT2D eigenvalue weighted by Gasteiger charge is -2.27. The third-order valence-corrected chi connectivity index (χ3v) is 6.87. The maximum absolute atomic E-state index is 13.3. The molecule has 0 spiro atoms. The average Bonchev–Trinajstić information content (AvgIpc) is 3.22. The number of esters is 1. The summed E-state index contributed by atoms with van der Waals surface area (Å²) in [6.07, 6.45) is 0.383. The summed E-state index contributed by atoms with van der Waals surface area (Å²) in [5, 5.41) is 3.64. The number of thiazole rings is 1. The monoisotopic (exact) mass is 458 g/mol. The third-order valence-electron chi connectivity index (χ3n) is 5.83. The van der Waals surface area contributed by atoms with Crippen LogP contribution in [0.1, 0.15) is 28.6 Å². The number of hydrogen-bond acceptors (Lipinski definition) is 5. The molecular weight excluding hydrogens is 432 g/mol. The Morgan fingerprint density at radius 3 is 2.42 bits per heavy atom. The van der Waals surface area contributed by atoms with Crippen LogP contribution in [0.4, 0.5) is 5.69 Å². The quantitative estimate of drug-likeness (QED) is 0.366. The number of carbonyl (C=O) groups excluding carboxylic acids is 2. The molecule has 0 fully saturated rings. The third kappa shape index (κ3) is 5.12. The van der Waals surface area contributed by atoms with Crippen LogP contribution in [0.2, 0.25) is 0 Å². The predicted molar refractivity (Wildman–Crippen MR) is 133 cm³/mol. The van der Waals surface area contributed by atoms with Gasteiger partial charge in [0.25, 0.3) is 5.91 Å². The maximum Gasteiger partial charge on any atom is 0.317 e. The fourth-order valence-corrected chi connectivity index (χ4v) is 4.83.